The van der Waals surface area contributed by atoms with Crippen LogP contribution in [0.5, 0.6) is 0 Å². The van der Waals surface area contributed by atoms with Crippen molar-refractivity contribution in [3.8, 4) is 0 Å². The first-order valence-electron chi connectivity index (χ1n) is 6.55. The van der Waals surface area contributed by atoms with Gasteiger partial charge in [-0.3, -0.25) is 4.79 Å². The molecule has 0 atom stereocenters. The molecule has 0 saturated carbocycles. The lowest BCUT2D eigenvalue weighted by molar-refractivity contribution is -0.127. The predicted molar refractivity (Wildman–Crippen MR) is 69.8 cm³/mol. The summed E-state index contributed by atoms with van der Waals surface area (Å²) in [6, 6.07) is 3.56. The van der Waals surface area contributed by atoms with E-state index >= 15 is 0 Å². The normalized spacial score (nSPS) is 18.1. The number of piperidine rings is 1. The molecule has 0 aliphatic carbocycles. The van der Waals surface area contributed by atoms with Gasteiger partial charge in [-0.2, -0.15) is 0 Å². The lowest BCUT2D eigenvalue weighted by atomic mass is 9.76. The van der Waals surface area contributed by atoms with E-state index in [4.69, 9.17) is 0 Å². The molecule has 1 amide bonds. The summed E-state index contributed by atoms with van der Waals surface area (Å²) in [6.45, 7) is 3.44. The Morgan fingerprint density at radius 2 is 1.89 bits per heavy atom. The summed E-state index contributed by atoms with van der Waals surface area (Å²) in [5.74, 6) is -1.78. The van der Waals surface area contributed by atoms with Crippen molar-refractivity contribution in [1.82, 2.24) is 5.32 Å². The van der Waals surface area contributed by atoms with Crippen LogP contribution in [0.2, 0.25) is 0 Å². The minimum atomic E-state index is -0.742. The van der Waals surface area contributed by atoms with Crippen molar-refractivity contribution < 1.29 is 13.6 Å². The number of anilines is 1. The van der Waals surface area contributed by atoms with Crippen LogP contribution in [0.3, 0.4) is 0 Å². The van der Waals surface area contributed by atoms with Gasteiger partial charge in [0.1, 0.15) is 17.3 Å². The summed E-state index contributed by atoms with van der Waals surface area (Å²) < 4.78 is 27.1. The number of hydrogen-bond acceptors (Lipinski definition) is 2. The maximum atomic E-state index is 13.5. The Kier molecular flexibility index (Phi) is 4.14. The average Bonchev–Trinajstić information content (AvgIpc) is 2.43. The molecule has 1 aromatic carbocycles. The Bertz CT molecular complexity index is 450. The van der Waals surface area contributed by atoms with Gasteiger partial charge in [0, 0.05) is 0 Å². The molecule has 0 unspecified atom stereocenters. The molecule has 0 spiro atoms. The topological polar surface area (TPSA) is 41.1 Å². The van der Waals surface area contributed by atoms with Crippen LogP contribution < -0.4 is 10.6 Å². The van der Waals surface area contributed by atoms with Gasteiger partial charge in [0.05, 0.1) is 5.41 Å². The largest absolute Gasteiger partial charge is 0.321 e. The zero-order chi connectivity index (χ0) is 13.9. The van der Waals surface area contributed by atoms with Gasteiger partial charge in [-0.15, -0.1) is 0 Å². The predicted octanol–water partition coefficient (Wildman–Crippen LogP) is 2.68. The molecular formula is C14H18F2N2O. The van der Waals surface area contributed by atoms with Gasteiger partial charge in [-0.05, 0) is 44.5 Å². The van der Waals surface area contributed by atoms with Crippen LogP contribution in [-0.2, 0) is 4.79 Å². The third kappa shape index (κ3) is 2.76. The Morgan fingerprint density at radius 3 is 2.42 bits per heavy atom. The standard InChI is InChI=1S/C14H18F2N2O/c1-2-14(6-8-17-9-7-14)13(19)18-12-10(15)4-3-5-11(12)16/h3-5,17H,2,6-9H2,1H3,(H,18,19). The smallest absolute Gasteiger partial charge is 0.230 e. The van der Waals surface area contributed by atoms with E-state index in [0.717, 1.165) is 25.2 Å². The molecule has 0 radical (unpaired) electrons. The second-order valence-corrected chi connectivity index (χ2v) is 4.93. The van der Waals surface area contributed by atoms with Crippen LogP contribution in [0.1, 0.15) is 26.2 Å². The summed E-state index contributed by atoms with van der Waals surface area (Å²) in [6.07, 6.45) is 2.04. The van der Waals surface area contributed by atoms with Crippen molar-refractivity contribution >= 4 is 11.6 Å². The molecule has 1 aliphatic rings. The highest BCUT2D eigenvalue weighted by atomic mass is 19.1. The number of rotatable bonds is 3. The number of hydrogen-bond donors (Lipinski definition) is 2. The Balaban J connectivity index is 2.20. The first kappa shape index (κ1) is 13.9. The highest BCUT2D eigenvalue weighted by molar-refractivity contribution is 5.95. The third-order valence-electron chi connectivity index (χ3n) is 3.92. The van der Waals surface area contributed by atoms with Crippen molar-refractivity contribution in [3.63, 3.8) is 0 Å². The van der Waals surface area contributed by atoms with Gasteiger partial charge >= 0.3 is 0 Å². The summed E-state index contributed by atoms with van der Waals surface area (Å²) in [5.41, 5.74) is -0.876. The van der Waals surface area contributed by atoms with Crippen LogP contribution in [0, 0.1) is 17.0 Å². The van der Waals surface area contributed by atoms with E-state index < -0.39 is 17.0 Å². The molecule has 1 aliphatic heterocycles. The van der Waals surface area contributed by atoms with Crippen LogP contribution in [-0.4, -0.2) is 19.0 Å². The third-order valence-corrected chi connectivity index (χ3v) is 3.92. The second-order valence-electron chi connectivity index (χ2n) is 4.93. The van der Waals surface area contributed by atoms with E-state index in [0.29, 0.717) is 19.3 Å². The minimum absolute atomic E-state index is 0.291. The lowest BCUT2D eigenvalue weighted by Gasteiger charge is -2.35. The van der Waals surface area contributed by atoms with Gasteiger partial charge < -0.3 is 10.6 Å². The first-order chi connectivity index (χ1) is 9.09. The monoisotopic (exact) mass is 268 g/mol. The fourth-order valence-corrected chi connectivity index (χ4v) is 2.51. The highest BCUT2D eigenvalue weighted by Crippen LogP contribution is 2.34. The van der Waals surface area contributed by atoms with E-state index in [1.54, 1.807) is 0 Å². The van der Waals surface area contributed by atoms with Crippen molar-refractivity contribution in [2.24, 2.45) is 5.41 Å². The Labute approximate surface area is 111 Å². The van der Waals surface area contributed by atoms with Crippen molar-refractivity contribution in [3.05, 3.63) is 29.8 Å². The van der Waals surface area contributed by atoms with E-state index in [2.05, 4.69) is 10.6 Å². The first-order valence-corrected chi connectivity index (χ1v) is 6.55. The van der Waals surface area contributed by atoms with Crippen LogP contribution in [0.25, 0.3) is 0 Å². The number of carbonyl (C=O) groups is 1. The summed E-state index contributed by atoms with van der Waals surface area (Å²) >= 11 is 0. The fourth-order valence-electron chi connectivity index (χ4n) is 2.51. The number of halogens is 2. The van der Waals surface area contributed by atoms with Gasteiger partial charge in [0.25, 0.3) is 0 Å². The number of amides is 1. The molecule has 1 saturated heterocycles. The molecule has 0 aromatic heterocycles. The molecule has 5 heteroatoms. The maximum Gasteiger partial charge on any atom is 0.230 e. The molecular weight excluding hydrogens is 250 g/mol. The molecule has 104 valence electrons. The molecule has 3 nitrogen and oxygen atoms in total. The zero-order valence-corrected chi connectivity index (χ0v) is 10.9. The molecule has 2 N–H and O–H groups in total. The van der Waals surface area contributed by atoms with Crippen molar-refractivity contribution in [2.45, 2.75) is 26.2 Å². The molecule has 0 bridgehead atoms. The van der Waals surface area contributed by atoms with Crippen molar-refractivity contribution in [1.29, 1.82) is 0 Å². The Morgan fingerprint density at radius 1 is 1.32 bits per heavy atom. The Hall–Kier alpha value is -1.49. The SMILES string of the molecule is CCC1(C(=O)Nc2c(F)cccc2F)CCNCC1. The number of benzene rings is 1. The van der Waals surface area contributed by atoms with Crippen LogP contribution in [0.4, 0.5) is 14.5 Å². The van der Waals surface area contributed by atoms with E-state index in [-0.39, 0.29) is 11.6 Å². The minimum Gasteiger partial charge on any atom is -0.321 e. The summed E-state index contributed by atoms with van der Waals surface area (Å²) in [4.78, 5) is 12.4. The van der Waals surface area contributed by atoms with Gasteiger partial charge in [-0.25, -0.2) is 8.78 Å². The summed E-state index contributed by atoms with van der Waals surface area (Å²) in [7, 11) is 0. The van der Waals surface area contributed by atoms with Gasteiger partial charge in [-0.1, -0.05) is 13.0 Å². The van der Waals surface area contributed by atoms with Crippen LogP contribution >= 0.6 is 0 Å². The highest BCUT2D eigenvalue weighted by Gasteiger charge is 2.38. The quantitative estimate of drug-likeness (QED) is 0.885. The maximum absolute atomic E-state index is 13.5. The van der Waals surface area contributed by atoms with E-state index in [1.807, 2.05) is 6.92 Å². The summed E-state index contributed by atoms with van der Waals surface area (Å²) in [5, 5.41) is 5.61. The average molecular weight is 268 g/mol. The van der Waals surface area contributed by atoms with E-state index in [9.17, 15) is 13.6 Å². The molecule has 1 fully saturated rings. The van der Waals surface area contributed by atoms with Crippen molar-refractivity contribution in [2.75, 3.05) is 18.4 Å². The van der Waals surface area contributed by atoms with Gasteiger partial charge in [0.2, 0.25) is 5.91 Å². The fraction of sp³-hybridized carbons (Fsp3) is 0.500. The molecule has 2 rings (SSSR count). The van der Waals surface area contributed by atoms with Gasteiger partial charge in [0.15, 0.2) is 0 Å². The lowest BCUT2D eigenvalue weighted by Crippen LogP contribution is -2.44. The number of carbonyl (C=O) groups excluding carboxylic acids is 1. The molecule has 1 heterocycles. The number of para-hydroxylation sites is 1. The molecule has 1 aromatic rings. The zero-order valence-electron chi connectivity index (χ0n) is 10.9. The molecule has 19 heavy (non-hydrogen) atoms. The van der Waals surface area contributed by atoms with E-state index in [1.165, 1.54) is 6.07 Å². The second kappa shape index (κ2) is 5.65. The van der Waals surface area contributed by atoms with Crippen LogP contribution in [0.15, 0.2) is 18.2 Å². The number of nitrogens with one attached hydrogen (secondary N) is 2.